The second-order valence-electron chi connectivity index (χ2n) is 6.45. The van der Waals surface area contributed by atoms with Crippen molar-refractivity contribution in [2.75, 3.05) is 0 Å². The minimum atomic E-state index is -0.764. The summed E-state index contributed by atoms with van der Waals surface area (Å²) in [6.45, 7) is 4.94. The number of imidazole rings is 1. The fourth-order valence-electron chi connectivity index (χ4n) is 2.28. The Hall–Kier alpha value is -1.85. The molecular formula is C18H20Cl2N2O3. The van der Waals surface area contributed by atoms with Crippen LogP contribution >= 0.6 is 23.2 Å². The van der Waals surface area contributed by atoms with E-state index < -0.39 is 11.4 Å². The molecule has 7 heteroatoms. The normalized spacial score (nSPS) is 11.4. The number of Topliss-reactive ketones (excluding diaryl/α,β-unsaturated/α-hetero) is 1. The molecule has 0 N–H and O–H groups in total. The third kappa shape index (κ3) is 4.83. The maximum atomic E-state index is 12.4. The SMILES string of the molecule is CC(=O)CCC(C)(C)C(=O)OCc1c(Cl)nc(Cl)n1-c1ccccc1. The van der Waals surface area contributed by atoms with Crippen molar-refractivity contribution in [2.45, 2.75) is 40.2 Å². The number of esters is 1. The molecule has 0 saturated carbocycles. The van der Waals surface area contributed by atoms with Gasteiger partial charge in [-0.15, -0.1) is 0 Å². The van der Waals surface area contributed by atoms with Crippen molar-refractivity contribution >= 4 is 35.0 Å². The molecule has 0 radical (unpaired) electrons. The van der Waals surface area contributed by atoms with E-state index in [1.165, 1.54) is 6.92 Å². The van der Waals surface area contributed by atoms with E-state index in [4.69, 9.17) is 27.9 Å². The Labute approximate surface area is 156 Å². The van der Waals surface area contributed by atoms with E-state index in [0.29, 0.717) is 18.5 Å². The number of rotatable bonds is 7. The number of carbonyl (C=O) groups excluding carboxylic acids is 2. The highest BCUT2D eigenvalue weighted by Crippen LogP contribution is 2.28. The molecule has 1 aromatic heterocycles. The summed E-state index contributed by atoms with van der Waals surface area (Å²) in [5.41, 5.74) is 0.502. The van der Waals surface area contributed by atoms with Gasteiger partial charge in [-0.1, -0.05) is 29.8 Å². The maximum absolute atomic E-state index is 12.4. The van der Waals surface area contributed by atoms with Gasteiger partial charge in [-0.2, -0.15) is 0 Å². The molecule has 0 fully saturated rings. The quantitative estimate of drug-likeness (QED) is 0.655. The Kier molecular flexibility index (Phi) is 6.25. The van der Waals surface area contributed by atoms with Crippen LogP contribution in [0.2, 0.25) is 10.4 Å². The molecule has 0 bridgehead atoms. The Bertz CT molecular complexity index is 770. The largest absolute Gasteiger partial charge is 0.459 e. The summed E-state index contributed by atoms with van der Waals surface area (Å²) >= 11 is 12.3. The van der Waals surface area contributed by atoms with Gasteiger partial charge in [0.2, 0.25) is 5.28 Å². The third-order valence-corrected chi connectivity index (χ3v) is 4.45. The molecule has 2 rings (SSSR count). The molecule has 0 aliphatic carbocycles. The van der Waals surface area contributed by atoms with E-state index in [2.05, 4.69) is 4.98 Å². The predicted octanol–water partition coefficient (Wildman–Crippen LogP) is 4.62. The number of benzene rings is 1. The van der Waals surface area contributed by atoms with E-state index in [0.717, 1.165) is 5.69 Å². The zero-order valence-electron chi connectivity index (χ0n) is 14.4. The number of ketones is 1. The molecule has 0 saturated heterocycles. The average Bonchev–Trinajstić information content (AvgIpc) is 2.85. The van der Waals surface area contributed by atoms with E-state index in [-0.39, 0.29) is 22.8 Å². The molecule has 1 aromatic carbocycles. The Balaban J connectivity index is 2.16. The standard InChI is InChI=1S/C18H20Cl2N2O3/c1-12(23)9-10-18(2,3)16(24)25-11-14-15(19)21-17(20)22(14)13-7-5-4-6-8-13/h4-8H,9-11H2,1-3H3. The first-order chi connectivity index (χ1) is 11.7. The van der Waals surface area contributed by atoms with Crippen LogP contribution in [0, 0.1) is 5.41 Å². The Morgan fingerprint density at radius 1 is 1.20 bits per heavy atom. The number of carbonyl (C=O) groups is 2. The minimum Gasteiger partial charge on any atom is -0.459 e. The van der Waals surface area contributed by atoms with Gasteiger partial charge in [0, 0.05) is 12.1 Å². The van der Waals surface area contributed by atoms with Crippen molar-refractivity contribution < 1.29 is 14.3 Å². The lowest BCUT2D eigenvalue weighted by Gasteiger charge is -2.22. The fourth-order valence-corrected chi connectivity index (χ4v) is 2.83. The van der Waals surface area contributed by atoms with Crippen LogP contribution in [0.15, 0.2) is 30.3 Å². The molecule has 0 aliphatic heterocycles. The van der Waals surface area contributed by atoms with Gasteiger partial charge in [-0.3, -0.25) is 9.36 Å². The predicted molar refractivity (Wildman–Crippen MR) is 97.1 cm³/mol. The van der Waals surface area contributed by atoms with Gasteiger partial charge in [0.05, 0.1) is 5.41 Å². The van der Waals surface area contributed by atoms with E-state index in [9.17, 15) is 9.59 Å². The van der Waals surface area contributed by atoms with E-state index >= 15 is 0 Å². The lowest BCUT2D eigenvalue weighted by Crippen LogP contribution is -2.27. The molecule has 5 nitrogen and oxygen atoms in total. The highest BCUT2D eigenvalue weighted by molar-refractivity contribution is 6.33. The first-order valence-electron chi connectivity index (χ1n) is 7.87. The van der Waals surface area contributed by atoms with Crippen LogP contribution in [0.5, 0.6) is 0 Å². The minimum absolute atomic E-state index is 0.0397. The van der Waals surface area contributed by atoms with Crippen LogP contribution in [-0.2, 0) is 20.9 Å². The maximum Gasteiger partial charge on any atom is 0.311 e. The molecule has 2 aromatic rings. The van der Waals surface area contributed by atoms with E-state index in [1.54, 1.807) is 18.4 Å². The van der Waals surface area contributed by atoms with Crippen molar-refractivity contribution in [3.63, 3.8) is 0 Å². The van der Waals surface area contributed by atoms with Crippen LogP contribution in [-0.4, -0.2) is 21.3 Å². The second-order valence-corrected chi connectivity index (χ2v) is 7.15. The summed E-state index contributed by atoms with van der Waals surface area (Å²) in [6, 6.07) is 9.31. The van der Waals surface area contributed by atoms with E-state index in [1.807, 2.05) is 30.3 Å². The summed E-state index contributed by atoms with van der Waals surface area (Å²) in [4.78, 5) is 27.6. The average molecular weight is 383 g/mol. The highest BCUT2D eigenvalue weighted by Gasteiger charge is 2.30. The van der Waals surface area contributed by atoms with Gasteiger partial charge in [-0.05, 0) is 50.9 Å². The number of para-hydroxylation sites is 1. The monoisotopic (exact) mass is 382 g/mol. The zero-order chi connectivity index (χ0) is 18.6. The first kappa shape index (κ1) is 19.5. The summed E-state index contributed by atoms with van der Waals surface area (Å²) < 4.78 is 7.07. The molecule has 25 heavy (non-hydrogen) atoms. The van der Waals surface area contributed by atoms with Crippen LogP contribution in [0.4, 0.5) is 0 Å². The third-order valence-electron chi connectivity index (χ3n) is 3.89. The zero-order valence-corrected chi connectivity index (χ0v) is 15.9. The Morgan fingerprint density at radius 2 is 1.84 bits per heavy atom. The van der Waals surface area contributed by atoms with Gasteiger partial charge in [0.15, 0.2) is 5.15 Å². The fraction of sp³-hybridized carbons (Fsp3) is 0.389. The van der Waals surface area contributed by atoms with Gasteiger partial charge in [-0.25, -0.2) is 4.98 Å². The van der Waals surface area contributed by atoms with Crippen LogP contribution < -0.4 is 0 Å². The molecule has 0 unspecified atom stereocenters. The topological polar surface area (TPSA) is 61.2 Å². The van der Waals surface area contributed by atoms with Crippen molar-refractivity contribution in [3.8, 4) is 5.69 Å². The molecule has 0 amide bonds. The van der Waals surface area contributed by atoms with Gasteiger partial charge in [0.25, 0.3) is 0 Å². The number of hydrogen-bond acceptors (Lipinski definition) is 4. The number of aromatic nitrogens is 2. The van der Waals surface area contributed by atoms with Crippen molar-refractivity contribution in [1.82, 2.24) is 9.55 Å². The lowest BCUT2D eigenvalue weighted by atomic mass is 9.87. The van der Waals surface area contributed by atoms with Crippen LogP contribution in [0.1, 0.15) is 39.3 Å². The molecule has 0 aliphatic rings. The number of nitrogens with zero attached hydrogens (tertiary/aromatic N) is 2. The smallest absolute Gasteiger partial charge is 0.311 e. The van der Waals surface area contributed by atoms with Gasteiger partial charge in [0.1, 0.15) is 18.1 Å². The summed E-state index contributed by atoms with van der Waals surface area (Å²) in [5.74, 6) is -0.361. The summed E-state index contributed by atoms with van der Waals surface area (Å²) in [5, 5.41) is 0.376. The Morgan fingerprint density at radius 3 is 2.44 bits per heavy atom. The van der Waals surface area contributed by atoms with Crippen molar-refractivity contribution in [1.29, 1.82) is 0 Å². The number of halogens is 2. The molecule has 0 atom stereocenters. The van der Waals surface area contributed by atoms with Gasteiger partial charge >= 0.3 is 5.97 Å². The first-order valence-corrected chi connectivity index (χ1v) is 8.62. The highest BCUT2D eigenvalue weighted by atomic mass is 35.5. The second kappa shape index (κ2) is 8.02. The summed E-state index contributed by atoms with van der Waals surface area (Å²) in [7, 11) is 0. The molecule has 0 spiro atoms. The lowest BCUT2D eigenvalue weighted by molar-refractivity contribution is -0.156. The van der Waals surface area contributed by atoms with Gasteiger partial charge < -0.3 is 9.53 Å². The number of hydrogen-bond donors (Lipinski definition) is 0. The molecule has 1 heterocycles. The van der Waals surface area contributed by atoms with Crippen LogP contribution in [0.3, 0.4) is 0 Å². The molecule has 134 valence electrons. The van der Waals surface area contributed by atoms with Crippen molar-refractivity contribution in [2.24, 2.45) is 5.41 Å². The molecular weight excluding hydrogens is 363 g/mol. The van der Waals surface area contributed by atoms with Crippen LogP contribution in [0.25, 0.3) is 5.69 Å². The number of ether oxygens (including phenoxy) is 1. The summed E-state index contributed by atoms with van der Waals surface area (Å²) in [6.07, 6.45) is 0.754. The van der Waals surface area contributed by atoms with Crippen molar-refractivity contribution in [3.05, 3.63) is 46.5 Å².